The normalized spacial score (nSPS) is 30.7. The molecule has 0 radical (unpaired) electrons. The Morgan fingerprint density at radius 2 is 2.05 bits per heavy atom. The smallest absolute Gasteiger partial charge is 0.241 e. The predicted molar refractivity (Wildman–Crippen MR) is 80.3 cm³/mol. The van der Waals surface area contributed by atoms with Crippen LogP contribution in [0.4, 0.5) is 0 Å². The summed E-state index contributed by atoms with van der Waals surface area (Å²) in [7, 11) is 1.78. The summed E-state index contributed by atoms with van der Waals surface area (Å²) in [4.78, 5) is 14.8. The van der Waals surface area contributed by atoms with E-state index >= 15 is 0 Å². The Kier molecular flexibility index (Phi) is 4.75. The Balaban J connectivity index is 2.13. The first-order chi connectivity index (χ1) is 9.44. The number of amides is 1. The fraction of sp³-hybridized carbons (Fsp3) is 0.938. The van der Waals surface area contributed by atoms with Crippen LogP contribution in [0, 0.1) is 11.8 Å². The van der Waals surface area contributed by atoms with Crippen molar-refractivity contribution in [2.75, 3.05) is 13.7 Å². The van der Waals surface area contributed by atoms with Crippen LogP contribution < -0.4 is 5.32 Å². The van der Waals surface area contributed by atoms with Crippen LogP contribution in [0.2, 0.25) is 0 Å². The summed E-state index contributed by atoms with van der Waals surface area (Å²) in [5.74, 6) is 1.07. The van der Waals surface area contributed by atoms with Gasteiger partial charge in [-0.05, 0) is 31.1 Å². The summed E-state index contributed by atoms with van der Waals surface area (Å²) in [5, 5.41) is 3.56. The molecule has 1 aliphatic heterocycles. The third-order valence-electron chi connectivity index (χ3n) is 5.24. The van der Waals surface area contributed by atoms with Crippen molar-refractivity contribution >= 4 is 5.91 Å². The summed E-state index contributed by atoms with van der Waals surface area (Å²) in [5.41, 5.74) is -0.0885. The fourth-order valence-corrected chi connectivity index (χ4v) is 3.34. The number of nitrogens with one attached hydrogen (secondary N) is 1. The maximum atomic E-state index is 12.8. The quantitative estimate of drug-likeness (QED) is 0.813. The average molecular weight is 282 g/mol. The molecule has 0 aromatic rings. The zero-order chi connectivity index (χ0) is 14.9. The second-order valence-electron chi connectivity index (χ2n) is 6.93. The largest absolute Gasteiger partial charge is 0.376 e. The molecule has 20 heavy (non-hydrogen) atoms. The third-order valence-corrected chi connectivity index (χ3v) is 5.24. The van der Waals surface area contributed by atoms with Gasteiger partial charge in [0.1, 0.15) is 0 Å². The first kappa shape index (κ1) is 15.8. The molecule has 1 aliphatic carbocycles. The van der Waals surface area contributed by atoms with Crippen LogP contribution in [0.3, 0.4) is 0 Å². The van der Waals surface area contributed by atoms with Gasteiger partial charge in [0.15, 0.2) is 0 Å². The van der Waals surface area contributed by atoms with Gasteiger partial charge in [-0.3, -0.25) is 10.1 Å². The maximum absolute atomic E-state index is 12.8. The average Bonchev–Trinajstić information content (AvgIpc) is 2.70. The Labute approximate surface area is 123 Å². The van der Waals surface area contributed by atoms with Crippen molar-refractivity contribution < 1.29 is 9.53 Å². The van der Waals surface area contributed by atoms with Crippen LogP contribution in [0.5, 0.6) is 0 Å². The van der Waals surface area contributed by atoms with Crippen LogP contribution in [-0.4, -0.2) is 42.3 Å². The molecule has 2 aliphatic rings. The standard InChI is InChI=1S/C16H30N2O2/c1-6-12(4)13-15(19)18(14(17-13)11(2)3)10-16(20-5)8-7-9-16/h11-14,17H,6-10H2,1-5H3. The highest BCUT2D eigenvalue weighted by Gasteiger charge is 2.47. The molecule has 0 aromatic heterocycles. The molecular formula is C16H30N2O2. The number of carbonyl (C=O) groups is 1. The summed E-state index contributed by atoms with van der Waals surface area (Å²) in [6.07, 6.45) is 4.54. The highest BCUT2D eigenvalue weighted by Crippen LogP contribution is 2.37. The lowest BCUT2D eigenvalue weighted by Gasteiger charge is -2.44. The van der Waals surface area contributed by atoms with E-state index in [4.69, 9.17) is 4.74 Å². The lowest BCUT2D eigenvalue weighted by atomic mass is 9.79. The molecule has 3 unspecified atom stereocenters. The molecule has 4 nitrogen and oxygen atoms in total. The molecule has 1 N–H and O–H groups in total. The number of carbonyl (C=O) groups excluding carboxylic acids is 1. The van der Waals surface area contributed by atoms with E-state index in [-0.39, 0.29) is 23.7 Å². The zero-order valence-electron chi connectivity index (χ0n) is 13.6. The number of methoxy groups -OCH3 is 1. The van der Waals surface area contributed by atoms with Gasteiger partial charge in [-0.2, -0.15) is 0 Å². The van der Waals surface area contributed by atoms with Gasteiger partial charge in [-0.1, -0.05) is 34.1 Å². The topological polar surface area (TPSA) is 41.6 Å². The highest BCUT2D eigenvalue weighted by atomic mass is 16.5. The zero-order valence-corrected chi connectivity index (χ0v) is 13.6. The maximum Gasteiger partial charge on any atom is 0.241 e. The molecule has 1 amide bonds. The molecule has 3 atom stereocenters. The van der Waals surface area contributed by atoms with Crippen LogP contribution in [0.1, 0.15) is 53.4 Å². The van der Waals surface area contributed by atoms with E-state index in [2.05, 4.69) is 33.0 Å². The number of ether oxygens (including phenoxy) is 1. The van der Waals surface area contributed by atoms with Gasteiger partial charge in [0.2, 0.25) is 5.91 Å². The predicted octanol–water partition coefficient (Wildman–Crippen LogP) is 2.38. The lowest BCUT2D eigenvalue weighted by molar-refractivity contribution is -0.141. The Bertz CT molecular complexity index is 347. The van der Waals surface area contributed by atoms with Crippen molar-refractivity contribution in [3.05, 3.63) is 0 Å². The Hall–Kier alpha value is -0.610. The van der Waals surface area contributed by atoms with Crippen LogP contribution in [0.15, 0.2) is 0 Å². The molecule has 4 heteroatoms. The molecule has 2 rings (SSSR count). The molecule has 1 saturated carbocycles. The molecule has 1 saturated heterocycles. The van der Waals surface area contributed by atoms with E-state index in [1.165, 1.54) is 6.42 Å². The monoisotopic (exact) mass is 282 g/mol. The summed E-state index contributed by atoms with van der Waals surface area (Å²) < 4.78 is 5.71. The van der Waals surface area contributed by atoms with E-state index in [1.807, 2.05) is 4.90 Å². The van der Waals surface area contributed by atoms with Crippen molar-refractivity contribution in [1.82, 2.24) is 10.2 Å². The second-order valence-corrected chi connectivity index (χ2v) is 6.93. The number of hydrogen-bond acceptors (Lipinski definition) is 3. The number of rotatable bonds is 6. The first-order valence-electron chi connectivity index (χ1n) is 8.06. The minimum absolute atomic E-state index is 0.0265. The van der Waals surface area contributed by atoms with Gasteiger partial charge < -0.3 is 9.64 Å². The van der Waals surface area contributed by atoms with E-state index in [0.717, 1.165) is 25.8 Å². The minimum Gasteiger partial charge on any atom is -0.376 e. The van der Waals surface area contributed by atoms with Gasteiger partial charge in [0.25, 0.3) is 0 Å². The second kappa shape index (κ2) is 6.02. The van der Waals surface area contributed by atoms with Crippen molar-refractivity contribution in [3.63, 3.8) is 0 Å². The molecule has 0 spiro atoms. The molecular weight excluding hydrogens is 252 g/mol. The molecule has 0 bridgehead atoms. The van der Waals surface area contributed by atoms with Crippen molar-refractivity contribution in [1.29, 1.82) is 0 Å². The van der Waals surface area contributed by atoms with Crippen molar-refractivity contribution in [3.8, 4) is 0 Å². The number of hydrogen-bond donors (Lipinski definition) is 1. The Morgan fingerprint density at radius 3 is 2.45 bits per heavy atom. The van der Waals surface area contributed by atoms with Gasteiger partial charge in [-0.25, -0.2) is 0 Å². The van der Waals surface area contributed by atoms with E-state index in [9.17, 15) is 4.79 Å². The van der Waals surface area contributed by atoms with Gasteiger partial charge >= 0.3 is 0 Å². The Morgan fingerprint density at radius 1 is 1.40 bits per heavy atom. The van der Waals surface area contributed by atoms with Crippen LogP contribution >= 0.6 is 0 Å². The SMILES string of the molecule is CCC(C)C1NC(C(C)C)N(CC2(OC)CCC2)C1=O. The first-order valence-corrected chi connectivity index (χ1v) is 8.06. The minimum atomic E-state index is -0.0885. The van der Waals surface area contributed by atoms with E-state index < -0.39 is 0 Å². The van der Waals surface area contributed by atoms with Crippen molar-refractivity contribution in [2.45, 2.75) is 71.2 Å². The van der Waals surface area contributed by atoms with Crippen LogP contribution in [0.25, 0.3) is 0 Å². The van der Waals surface area contributed by atoms with E-state index in [0.29, 0.717) is 11.8 Å². The van der Waals surface area contributed by atoms with Crippen molar-refractivity contribution in [2.24, 2.45) is 11.8 Å². The highest BCUT2D eigenvalue weighted by molar-refractivity contribution is 5.84. The summed E-state index contributed by atoms with van der Waals surface area (Å²) in [6, 6.07) is -0.0265. The van der Waals surface area contributed by atoms with Crippen LogP contribution in [-0.2, 0) is 9.53 Å². The van der Waals surface area contributed by atoms with E-state index in [1.54, 1.807) is 7.11 Å². The molecule has 0 aromatic carbocycles. The van der Waals surface area contributed by atoms with Gasteiger partial charge in [0.05, 0.1) is 24.4 Å². The molecule has 1 heterocycles. The summed E-state index contributed by atoms with van der Waals surface area (Å²) in [6.45, 7) is 9.40. The van der Waals surface area contributed by atoms with Gasteiger partial charge in [-0.15, -0.1) is 0 Å². The van der Waals surface area contributed by atoms with Gasteiger partial charge in [0, 0.05) is 7.11 Å². The fourth-order valence-electron chi connectivity index (χ4n) is 3.34. The summed E-state index contributed by atoms with van der Waals surface area (Å²) >= 11 is 0. The lowest BCUT2D eigenvalue weighted by Crippen LogP contribution is -2.54. The number of nitrogens with zero attached hydrogens (tertiary/aromatic N) is 1. The molecule has 116 valence electrons. The third kappa shape index (κ3) is 2.73. The molecule has 2 fully saturated rings.